The molecule has 0 fully saturated rings. The van der Waals surface area contributed by atoms with Crippen LogP contribution in [0.1, 0.15) is 19.8 Å². The van der Waals surface area contributed by atoms with Crippen LogP contribution >= 0.6 is 0 Å². The lowest BCUT2D eigenvalue weighted by molar-refractivity contribution is -0.141. The molecule has 0 radical (unpaired) electrons. The summed E-state index contributed by atoms with van der Waals surface area (Å²) >= 11 is 0. The average molecular weight is 145 g/mol. The highest BCUT2D eigenvalue weighted by Crippen LogP contribution is 2.04. The first-order valence-corrected chi connectivity index (χ1v) is 3.20. The van der Waals surface area contributed by atoms with Crippen molar-refractivity contribution < 1.29 is 9.90 Å². The molecule has 4 nitrogen and oxygen atoms in total. The smallest absolute Gasteiger partial charge is 0.306 e. The predicted octanol–water partition coefficient (Wildman–Crippen LogP) is 1.25. The number of nitrogens with zero attached hydrogens (tertiary/aromatic N) is 1. The number of carboxylic acid groups (broad SMARTS) is 1. The van der Waals surface area contributed by atoms with Crippen LogP contribution in [0.25, 0.3) is 0 Å². The third-order valence-corrected chi connectivity index (χ3v) is 1.31. The minimum Gasteiger partial charge on any atom is -0.481 e. The molecule has 1 unspecified atom stereocenters. The molecule has 1 N–H and O–H groups in total. The van der Waals surface area contributed by atoms with Crippen molar-refractivity contribution in [1.29, 1.82) is 0 Å². The van der Waals surface area contributed by atoms with E-state index < -0.39 is 5.97 Å². The first-order chi connectivity index (χ1) is 4.68. The van der Waals surface area contributed by atoms with Crippen LogP contribution in [0.5, 0.6) is 0 Å². The van der Waals surface area contributed by atoms with Gasteiger partial charge in [-0.1, -0.05) is 12.1 Å². The Balaban J connectivity index is 3.30. The lowest BCUT2D eigenvalue weighted by atomic mass is 10.1. The van der Waals surface area contributed by atoms with Crippen LogP contribution < -0.4 is 0 Å². The Bertz CT molecular complexity index is 124. The molecule has 0 heterocycles. The highest BCUT2D eigenvalue weighted by Gasteiger charge is 2.08. The molecule has 0 bridgehead atoms. The van der Waals surface area contributed by atoms with E-state index in [0.717, 1.165) is 0 Å². The number of carbonyl (C=O) groups is 1. The molecule has 0 spiro atoms. The summed E-state index contributed by atoms with van der Waals surface area (Å²) in [4.78, 5) is 19.7. The van der Waals surface area contributed by atoms with Crippen LogP contribution in [0.2, 0.25) is 0 Å². The Hall–Kier alpha value is -0.930. The first-order valence-electron chi connectivity index (χ1n) is 3.20. The molecular formula is C6H11NO3. The zero-order valence-corrected chi connectivity index (χ0v) is 5.91. The summed E-state index contributed by atoms with van der Waals surface area (Å²) in [7, 11) is 0. The first kappa shape index (κ1) is 9.07. The van der Waals surface area contributed by atoms with Crippen molar-refractivity contribution in [2.45, 2.75) is 19.8 Å². The Labute approximate surface area is 59.2 Å². The second-order valence-electron chi connectivity index (χ2n) is 2.23. The van der Waals surface area contributed by atoms with Crippen molar-refractivity contribution in [2.75, 3.05) is 6.54 Å². The maximum Gasteiger partial charge on any atom is 0.306 e. The van der Waals surface area contributed by atoms with Gasteiger partial charge in [0.2, 0.25) is 0 Å². The molecule has 0 aliphatic carbocycles. The molecule has 0 aliphatic rings. The summed E-state index contributed by atoms with van der Waals surface area (Å²) in [6.45, 7) is 1.84. The SMILES string of the molecule is CC(CCCN=O)C(=O)O. The fourth-order valence-electron chi connectivity index (χ4n) is 0.585. The van der Waals surface area contributed by atoms with E-state index in [1.54, 1.807) is 6.92 Å². The normalized spacial score (nSPS) is 12.5. The van der Waals surface area contributed by atoms with Crippen LogP contribution in [0.4, 0.5) is 0 Å². The zero-order chi connectivity index (χ0) is 7.98. The van der Waals surface area contributed by atoms with Crippen molar-refractivity contribution >= 4 is 5.97 Å². The van der Waals surface area contributed by atoms with Gasteiger partial charge in [-0.2, -0.15) is 4.91 Å². The van der Waals surface area contributed by atoms with E-state index in [2.05, 4.69) is 5.18 Å². The summed E-state index contributed by atoms with van der Waals surface area (Å²) in [5.41, 5.74) is 0. The van der Waals surface area contributed by atoms with Crippen LogP contribution in [0, 0.1) is 10.8 Å². The number of rotatable bonds is 5. The fraction of sp³-hybridized carbons (Fsp3) is 0.833. The molecule has 0 aliphatic heterocycles. The molecule has 0 amide bonds. The van der Waals surface area contributed by atoms with E-state index in [4.69, 9.17) is 5.11 Å². The summed E-state index contributed by atoms with van der Waals surface area (Å²) in [5, 5.41) is 11.0. The average Bonchev–Trinajstić information content (AvgIpc) is 1.88. The van der Waals surface area contributed by atoms with Gasteiger partial charge < -0.3 is 5.11 Å². The van der Waals surface area contributed by atoms with E-state index in [1.165, 1.54) is 0 Å². The standard InChI is InChI=1S/C6H11NO3/c1-5(6(8)9)3-2-4-7-10/h5H,2-4H2,1H3,(H,8,9). The van der Waals surface area contributed by atoms with Gasteiger partial charge in [0.25, 0.3) is 0 Å². The zero-order valence-electron chi connectivity index (χ0n) is 5.91. The van der Waals surface area contributed by atoms with E-state index >= 15 is 0 Å². The summed E-state index contributed by atoms with van der Waals surface area (Å²) in [6, 6.07) is 0. The number of carboxylic acids is 1. The largest absolute Gasteiger partial charge is 0.481 e. The monoisotopic (exact) mass is 145 g/mol. The van der Waals surface area contributed by atoms with Crippen molar-refractivity contribution in [3.63, 3.8) is 0 Å². The maximum absolute atomic E-state index is 10.2. The van der Waals surface area contributed by atoms with Gasteiger partial charge in [0.15, 0.2) is 0 Å². The van der Waals surface area contributed by atoms with Crippen LogP contribution in [-0.4, -0.2) is 17.6 Å². The summed E-state index contributed by atoms with van der Waals surface area (Å²) in [5.74, 6) is -1.17. The highest BCUT2D eigenvalue weighted by molar-refractivity contribution is 5.69. The Morgan fingerprint density at radius 3 is 2.70 bits per heavy atom. The van der Waals surface area contributed by atoms with E-state index in [-0.39, 0.29) is 12.5 Å². The number of aliphatic carboxylic acids is 1. The summed E-state index contributed by atoms with van der Waals surface area (Å²) in [6.07, 6.45) is 1.10. The molecular weight excluding hydrogens is 134 g/mol. The van der Waals surface area contributed by atoms with Gasteiger partial charge in [0.1, 0.15) is 0 Å². The predicted molar refractivity (Wildman–Crippen MR) is 36.7 cm³/mol. The second-order valence-corrected chi connectivity index (χ2v) is 2.23. The van der Waals surface area contributed by atoms with Crippen LogP contribution in [0.15, 0.2) is 5.18 Å². The molecule has 0 aromatic heterocycles. The van der Waals surface area contributed by atoms with Crippen molar-refractivity contribution in [3.8, 4) is 0 Å². The summed E-state index contributed by atoms with van der Waals surface area (Å²) < 4.78 is 0. The lowest BCUT2D eigenvalue weighted by Gasteiger charge is -2.01. The lowest BCUT2D eigenvalue weighted by Crippen LogP contribution is -2.09. The van der Waals surface area contributed by atoms with Crippen LogP contribution in [0.3, 0.4) is 0 Å². The second kappa shape index (κ2) is 4.90. The van der Waals surface area contributed by atoms with E-state index in [1.807, 2.05) is 0 Å². The minimum atomic E-state index is -0.814. The fourth-order valence-corrected chi connectivity index (χ4v) is 0.585. The molecule has 10 heavy (non-hydrogen) atoms. The Morgan fingerprint density at radius 1 is 1.70 bits per heavy atom. The van der Waals surface area contributed by atoms with Gasteiger partial charge in [0.05, 0.1) is 12.5 Å². The molecule has 4 heteroatoms. The maximum atomic E-state index is 10.2. The number of hydrogen-bond donors (Lipinski definition) is 1. The van der Waals surface area contributed by atoms with Gasteiger partial charge in [-0.3, -0.25) is 4.79 Å². The topological polar surface area (TPSA) is 66.7 Å². The van der Waals surface area contributed by atoms with Crippen molar-refractivity contribution in [2.24, 2.45) is 11.1 Å². The third-order valence-electron chi connectivity index (χ3n) is 1.31. The van der Waals surface area contributed by atoms with Gasteiger partial charge in [0, 0.05) is 0 Å². The molecule has 1 atom stereocenters. The Kier molecular flexibility index (Phi) is 4.45. The number of hydrogen-bond acceptors (Lipinski definition) is 3. The van der Waals surface area contributed by atoms with Gasteiger partial charge >= 0.3 is 5.97 Å². The van der Waals surface area contributed by atoms with E-state index in [0.29, 0.717) is 12.8 Å². The Morgan fingerprint density at radius 2 is 2.30 bits per heavy atom. The highest BCUT2D eigenvalue weighted by atomic mass is 16.4. The van der Waals surface area contributed by atoms with Gasteiger partial charge in [-0.25, -0.2) is 0 Å². The molecule has 0 rings (SSSR count). The molecule has 58 valence electrons. The number of nitroso groups, excluding NO2 is 1. The van der Waals surface area contributed by atoms with E-state index in [9.17, 15) is 9.70 Å². The molecule has 0 saturated carbocycles. The minimum absolute atomic E-state index is 0.220. The van der Waals surface area contributed by atoms with Crippen LogP contribution in [-0.2, 0) is 4.79 Å². The molecule has 0 aromatic rings. The van der Waals surface area contributed by atoms with Crippen molar-refractivity contribution in [1.82, 2.24) is 0 Å². The van der Waals surface area contributed by atoms with Gasteiger partial charge in [-0.05, 0) is 12.8 Å². The molecule has 0 aromatic carbocycles. The third kappa shape index (κ3) is 4.00. The molecule has 0 saturated heterocycles. The quantitative estimate of drug-likeness (QED) is 0.467. The van der Waals surface area contributed by atoms with Crippen molar-refractivity contribution in [3.05, 3.63) is 4.91 Å². The van der Waals surface area contributed by atoms with Gasteiger partial charge in [-0.15, -0.1) is 0 Å².